The van der Waals surface area contributed by atoms with E-state index in [1.165, 1.54) is 16.0 Å². The molecule has 0 aromatic carbocycles. The summed E-state index contributed by atoms with van der Waals surface area (Å²) in [4.78, 5) is 16.0. The lowest BCUT2D eigenvalue weighted by atomic mass is 10.1. The molecule has 1 aliphatic rings. The Balaban J connectivity index is 1.63. The van der Waals surface area contributed by atoms with Crippen molar-refractivity contribution in [1.29, 1.82) is 0 Å². The maximum atomic E-state index is 12.5. The maximum Gasteiger partial charge on any atom is 0.223 e. The maximum absolute atomic E-state index is 12.5. The molecule has 21 heavy (non-hydrogen) atoms. The number of aromatic amines is 1. The molecule has 1 aliphatic heterocycles. The third-order valence-electron chi connectivity index (χ3n) is 4.25. The van der Waals surface area contributed by atoms with Crippen LogP contribution in [-0.2, 0) is 24.2 Å². The van der Waals surface area contributed by atoms with Gasteiger partial charge in [-0.25, -0.2) is 0 Å². The van der Waals surface area contributed by atoms with Gasteiger partial charge in [0.1, 0.15) is 0 Å². The molecular weight excluding hydrogens is 282 g/mol. The molecule has 1 amide bonds. The summed E-state index contributed by atoms with van der Waals surface area (Å²) >= 11 is 1.82. The standard InChI is InChI=1S/C16H21N3OS/c1-11-14(12(2)18-17-11)5-6-16(20)19-8-3-4-15-13(10-19)7-9-21-15/h7,9H,3-6,8,10H2,1-2H3,(H,17,18). The molecule has 3 heterocycles. The number of H-pyrrole nitrogens is 1. The number of hydrogen-bond acceptors (Lipinski definition) is 3. The Morgan fingerprint density at radius 1 is 1.48 bits per heavy atom. The summed E-state index contributed by atoms with van der Waals surface area (Å²) in [5, 5.41) is 9.32. The molecule has 2 aromatic rings. The van der Waals surface area contributed by atoms with Crippen LogP contribution in [0.2, 0.25) is 0 Å². The number of carbonyl (C=O) groups excluding carboxylic acids is 1. The van der Waals surface area contributed by atoms with Gasteiger partial charge in [-0.05, 0) is 55.7 Å². The van der Waals surface area contributed by atoms with Crippen molar-refractivity contribution in [3.05, 3.63) is 38.8 Å². The summed E-state index contributed by atoms with van der Waals surface area (Å²) < 4.78 is 0. The van der Waals surface area contributed by atoms with Gasteiger partial charge in [0.05, 0.1) is 5.69 Å². The number of nitrogens with zero attached hydrogens (tertiary/aromatic N) is 2. The van der Waals surface area contributed by atoms with Crippen molar-refractivity contribution in [3.63, 3.8) is 0 Å². The van der Waals surface area contributed by atoms with E-state index in [0.29, 0.717) is 6.42 Å². The summed E-state index contributed by atoms with van der Waals surface area (Å²) in [7, 11) is 0. The molecule has 0 saturated heterocycles. The minimum absolute atomic E-state index is 0.258. The highest BCUT2D eigenvalue weighted by Crippen LogP contribution is 2.24. The summed E-state index contributed by atoms with van der Waals surface area (Å²) in [6, 6.07) is 2.16. The van der Waals surface area contributed by atoms with Crippen molar-refractivity contribution >= 4 is 17.2 Å². The molecular formula is C16H21N3OS. The molecule has 0 aliphatic carbocycles. The second kappa shape index (κ2) is 6.02. The first-order chi connectivity index (χ1) is 10.1. The van der Waals surface area contributed by atoms with Crippen molar-refractivity contribution in [3.8, 4) is 0 Å². The third-order valence-corrected chi connectivity index (χ3v) is 5.28. The van der Waals surface area contributed by atoms with E-state index in [0.717, 1.165) is 43.7 Å². The van der Waals surface area contributed by atoms with E-state index < -0.39 is 0 Å². The van der Waals surface area contributed by atoms with E-state index in [9.17, 15) is 4.79 Å². The topological polar surface area (TPSA) is 49.0 Å². The lowest BCUT2D eigenvalue weighted by Crippen LogP contribution is -2.30. The highest BCUT2D eigenvalue weighted by atomic mass is 32.1. The zero-order chi connectivity index (χ0) is 14.8. The van der Waals surface area contributed by atoms with Gasteiger partial charge in [0.2, 0.25) is 5.91 Å². The van der Waals surface area contributed by atoms with Crippen molar-refractivity contribution in [2.75, 3.05) is 6.54 Å². The Hall–Kier alpha value is -1.62. The summed E-state index contributed by atoms with van der Waals surface area (Å²) in [6.07, 6.45) is 3.53. The Morgan fingerprint density at radius 2 is 2.33 bits per heavy atom. The van der Waals surface area contributed by atoms with Crippen molar-refractivity contribution in [2.45, 2.75) is 46.1 Å². The van der Waals surface area contributed by atoms with Crippen LogP contribution in [0.25, 0.3) is 0 Å². The number of amides is 1. The molecule has 0 fully saturated rings. The van der Waals surface area contributed by atoms with Gasteiger partial charge in [0.15, 0.2) is 0 Å². The van der Waals surface area contributed by atoms with Gasteiger partial charge in [0.25, 0.3) is 0 Å². The van der Waals surface area contributed by atoms with E-state index in [-0.39, 0.29) is 5.91 Å². The summed E-state index contributed by atoms with van der Waals surface area (Å²) in [5.41, 5.74) is 4.61. The number of hydrogen-bond donors (Lipinski definition) is 1. The second-order valence-electron chi connectivity index (χ2n) is 5.70. The Bertz CT molecular complexity index is 624. The third kappa shape index (κ3) is 3.02. The largest absolute Gasteiger partial charge is 0.338 e. The molecule has 0 atom stereocenters. The Labute approximate surface area is 129 Å². The summed E-state index contributed by atoms with van der Waals surface area (Å²) in [5.74, 6) is 0.258. The lowest BCUT2D eigenvalue weighted by Gasteiger charge is -2.20. The van der Waals surface area contributed by atoms with Crippen LogP contribution in [0.3, 0.4) is 0 Å². The SMILES string of the molecule is Cc1n[nH]c(C)c1CCC(=O)N1CCCc2sccc2C1. The fourth-order valence-electron chi connectivity index (χ4n) is 2.99. The average Bonchev–Trinajstić information content (AvgIpc) is 2.97. The molecule has 5 heteroatoms. The molecule has 2 aromatic heterocycles. The van der Waals surface area contributed by atoms with E-state index in [1.807, 2.05) is 30.1 Å². The predicted octanol–water partition coefficient (Wildman–Crippen LogP) is 3.00. The number of carbonyl (C=O) groups is 1. The Morgan fingerprint density at radius 3 is 3.10 bits per heavy atom. The van der Waals surface area contributed by atoms with Crippen LogP contribution in [0.4, 0.5) is 0 Å². The number of rotatable bonds is 3. The van der Waals surface area contributed by atoms with Gasteiger partial charge in [-0.1, -0.05) is 0 Å². The van der Waals surface area contributed by atoms with Gasteiger partial charge in [-0.15, -0.1) is 11.3 Å². The van der Waals surface area contributed by atoms with E-state index in [4.69, 9.17) is 0 Å². The lowest BCUT2D eigenvalue weighted by molar-refractivity contribution is -0.131. The number of nitrogens with one attached hydrogen (secondary N) is 1. The number of fused-ring (bicyclic) bond motifs is 1. The van der Waals surface area contributed by atoms with Crippen molar-refractivity contribution in [2.24, 2.45) is 0 Å². The van der Waals surface area contributed by atoms with E-state index >= 15 is 0 Å². The van der Waals surface area contributed by atoms with Gasteiger partial charge in [-0.3, -0.25) is 9.89 Å². The zero-order valence-electron chi connectivity index (χ0n) is 12.6. The molecule has 4 nitrogen and oxygen atoms in total. The van der Waals surface area contributed by atoms with Crippen LogP contribution in [0.5, 0.6) is 0 Å². The first-order valence-corrected chi connectivity index (χ1v) is 8.36. The first-order valence-electron chi connectivity index (χ1n) is 7.48. The van der Waals surface area contributed by atoms with Crippen LogP contribution in [0, 0.1) is 13.8 Å². The molecule has 0 unspecified atom stereocenters. The fourth-order valence-corrected chi connectivity index (χ4v) is 3.93. The minimum atomic E-state index is 0.258. The molecule has 0 spiro atoms. The highest BCUT2D eigenvalue weighted by molar-refractivity contribution is 7.10. The molecule has 0 bridgehead atoms. The van der Waals surface area contributed by atoms with E-state index in [2.05, 4.69) is 21.6 Å². The average molecular weight is 303 g/mol. The normalized spacial score (nSPS) is 14.9. The van der Waals surface area contributed by atoms with Gasteiger partial charge < -0.3 is 4.90 Å². The monoisotopic (exact) mass is 303 g/mol. The predicted molar refractivity (Wildman–Crippen MR) is 84.4 cm³/mol. The van der Waals surface area contributed by atoms with Gasteiger partial charge in [-0.2, -0.15) is 5.10 Å². The van der Waals surface area contributed by atoms with E-state index in [1.54, 1.807) is 0 Å². The molecule has 0 radical (unpaired) electrons. The van der Waals surface area contributed by atoms with Crippen molar-refractivity contribution < 1.29 is 4.79 Å². The van der Waals surface area contributed by atoms with Crippen LogP contribution in [0.1, 0.15) is 40.2 Å². The van der Waals surface area contributed by atoms with Crippen LogP contribution in [-0.4, -0.2) is 27.5 Å². The second-order valence-corrected chi connectivity index (χ2v) is 6.70. The zero-order valence-corrected chi connectivity index (χ0v) is 13.4. The molecule has 112 valence electrons. The molecule has 1 N–H and O–H groups in total. The van der Waals surface area contributed by atoms with Crippen LogP contribution < -0.4 is 0 Å². The van der Waals surface area contributed by atoms with Crippen molar-refractivity contribution in [1.82, 2.24) is 15.1 Å². The minimum Gasteiger partial charge on any atom is -0.338 e. The van der Waals surface area contributed by atoms with Crippen LogP contribution >= 0.6 is 11.3 Å². The number of aromatic nitrogens is 2. The fraction of sp³-hybridized carbons (Fsp3) is 0.500. The quantitative estimate of drug-likeness (QED) is 0.947. The molecule has 0 saturated carbocycles. The first kappa shape index (κ1) is 14.3. The van der Waals surface area contributed by atoms with Gasteiger partial charge >= 0.3 is 0 Å². The molecule has 3 rings (SSSR count). The smallest absolute Gasteiger partial charge is 0.223 e. The highest BCUT2D eigenvalue weighted by Gasteiger charge is 2.20. The number of thiophene rings is 1. The Kier molecular flexibility index (Phi) is 4.10. The van der Waals surface area contributed by atoms with Gasteiger partial charge in [0, 0.05) is 30.1 Å². The number of aryl methyl sites for hydroxylation is 3. The van der Waals surface area contributed by atoms with Crippen LogP contribution in [0.15, 0.2) is 11.4 Å². The summed E-state index contributed by atoms with van der Waals surface area (Å²) in [6.45, 7) is 5.67.